The zero-order valence-electron chi connectivity index (χ0n) is 7.03. The molecule has 0 heterocycles. The third-order valence-corrected chi connectivity index (χ3v) is 2.93. The van der Waals surface area contributed by atoms with Crippen LogP contribution in [0.5, 0.6) is 0 Å². The number of alkyl halides is 3. The van der Waals surface area contributed by atoms with Gasteiger partial charge >= 0.3 is 6.18 Å². The van der Waals surface area contributed by atoms with Gasteiger partial charge in [0, 0.05) is 4.47 Å². The summed E-state index contributed by atoms with van der Waals surface area (Å²) < 4.78 is 37.7. The largest absolute Gasteiger partial charge is 0.418 e. The molecule has 7 heteroatoms. The van der Waals surface area contributed by atoms with E-state index < -0.39 is 28.2 Å². The first kappa shape index (κ1) is 12.3. The predicted octanol–water partition coefficient (Wildman–Crippen LogP) is 3.22. The standard InChI is InChI=1S/C8H4BrClF3NO/c9-4-2-1-3(7(14)15)5(6(4)10)8(11,12)13/h1-2H,(H2,14,15). The summed E-state index contributed by atoms with van der Waals surface area (Å²) in [6.45, 7) is 0. The van der Waals surface area contributed by atoms with E-state index in [1.807, 2.05) is 0 Å². The van der Waals surface area contributed by atoms with Gasteiger partial charge in [0.05, 0.1) is 16.1 Å². The fourth-order valence-electron chi connectivity index (χ4n) is 1.03. The number of benzene rings is 1. The lowest BCUT2D eigenvalue weighted by atomic mass is 10.1. The summed E-state index contributed by atoms with van der Waals surface area (Å²) in [5.74, 6) is -1.17. The molecule has 0 saturated heterocycles. The van der Waals surface area contributed by atoms with Gasteiger partial charge in [0.1, 0.15) is 0 Å². The second kappa shape index (κ2) is 4.02. The van der Waals surface area contributed by atoms with Crippen LogP contribution in [0.25, 0.3) is 0 Å². The highest BCUT2D eigenvalue weighted by Crippen LogP contribution is 2.40. The number of carbonyl (C=O) groups excluding carboxylic acids is 1. The molecule has 1 aromatic carbocycles. The highest BCUT2D eigenvalue weighted by molar-refractivity contribution is 9.10. The van der Waals surface area contributed by atoms with Crippen LogP contribution in [0.3, 0.4) is 0 Å². The Bertz CT molecular complexity index is 419. The molecule has 82 valence electrons. The van der Waals surface area contributed by atoms with Crippen molar-refractivity contribution >= 4 is 33.4 Å². The quantitative estimate of drug-likeness (QED) is 0.850. The normalized spacial score (nSPS) is 11.5. The summed E-state index contributed by atoms with van der Waals surface area (Å²) in [4.78, 5) is 10.8. The second-order valence-corrected chi connectivity index (χ2v) is 3.88. The lowest BCUT2D eigenvalue weighted by Gasteiger charge is -2.13. The maximum absolute atomic E-state index is 12.5. The van der Waals surface area contributed by atoms with E-state index in [4.69, 9.17) is 17.3 Å². The SMILES string of the molecule is NC(=O)c1ccc(Br)c(Cl)c1C(F)(F)F. The third-order valence-electron chi connectivity index (χ3n) is 1.64. The molecule has 2 nitrogen and oxygen atoms in total. The number of carbonyl (C=O) groups is 1. The average Bonchev–Trinajstić information content (AvgIpc) is 2.06. The van der Waals surface area contributed by atoms with Gasteiger partial charge in [-0.3, -0.25) is 4.79 Å². The summed E-state index contributed by atoms with van der Waals surface area (Å²) in [6.07, 6.45) is -4.72. The summed E-state index contributed by atoms with van der Waals surface area (Å²) in [7, 11) is 0. The molecule has 0 saturated carbocycles. The summed E-state index contributed by atoms with van der Waals surface area (Å²) in [6, 6.07) is 2.21. The molecule has 0 aromatic heterocycles. The van der Waals surface area contributed by atoms with Crippen LogP contribution >= 0.6 is 27.5 Å². The first-order valence-electron chi connectivity index (χ1n) is 3.60. The number of hydrogen-bond donors (Lipinski definition) is 1. The van der Waals surface area contributed by atoms with Crippen molar-refractivity contribution in [3.63, 3.8) is 0 Å². The Kier molecular flexibility index (Phi) is 3.30. The van der Waals surface area contributed by atoms with Crippen LogP contribution in [0.1, 0.15) is 15.9 Å². The number of rotatable bonds is 1. The maximum Gasteiger partial charge on any atom is 0.418 e. The van der Waals surface area contributed by atoms with Crippen molar-refractivity contribution < 1.29 is 18.0 Å². The monoisotopic (exact) mass is 301 g/mol. The lowest BCUT2D eigenvalue weighted by Crippen LogP contribution is -2.19. The van der Waals surface area contributed by atoms with E-state index in [0.29, 0.717) is 0 Å². The highest BCUT2D eigenvalue weighted by Gasteiger charge is 2.38. The summed E-state index contributed by atoms with van der Waals surface area (Å²) >= 11 is 8.29. The van der Waals surface area contributed by atoms with E-state index in [-0.39, 0.29) is 4.47 Å². The Morgan fingerprint density at radius 3 is 2.33 bits per heavy atom. The van der Waals surface area contributed by atoms with E-state index in [2.05, 4.69) is 15.9 Å². The molecule has 0 aliphatic rings. The fraction of sp³-hybridized carbons (Fsp3) is 0.125. The number of amides is 1. The molecule has 1 amide bonds. The van der Waals surface area contributed by atoms with Gasteiger partial charge < -0.3 is 5.73 Å². The van der Waals surface area contributed by atoms with Crippen molar-refractivity contribution in [2.45, 2.75) is 6.18 Å². The van der Waals surface area contributed by atoms with Crippen LogP contribution in [0.2, 0.25) is 5.02 Å². The van der Waals surface area contributed by atoms with Crippen molar-refractivity contribution in [2.75, 3.05) is 0 Å². The Balaban J connectivity index is 3.57. The molecule has 0 radical (unpaired) electrons. The summed E-state index contributed by atoms with van der Waals surface area (Å²) in [5, 5.41) is -0.571. The number of nitrogens with two attached hydrogens (primary N) is 1. The van der Waals surface area contributed by atoms with Gasteiger partial charge in [-0.25, -0.2) is 0 Å². The highest BCUT2D eigenvalue weighted by atomic mass is 79.9. The molecule has 2 N–H and O–H groups in total. The lowest BCUT2D eigenvalue weighted by molar-refractivity contribution is -0.137. The van der Waals surface area contributed by atoms with Gasteiger partial charge in [0.2, 0.25) is 5.91 Å². The van der Waals surface area contributed by atoms with E-state index in [1.165, 1.54) is 6.07 Å². The maximum atomic E-state index is 12.5. The van der Waals surface area contributed by atoms with Crippen molar-refractivity contribution in [3.8, 4) is 0 Å². The van der Waals surface area contributed by atoms with Crippen molar-refractivity contribution in [1.82, 2.24) is 0 Å². The molecule has 0 spiro atoms. The molecule has 1 rings (SSSR count). The second-order valence-electron chi connectivity index (χ2n) is 2.65. The third kappa shape index (κ3) is 2.43. The predicted molar refractivity (Wildman–Crippen MR) is 52.7 cm³/mol. The van der Waals surface area contributed by atoms with Crippen molar-refractivity contribution in [2.24, 2.45) is 5.73 Å². The molecular weight excluding hydrogens is 298 g/mol. The Labute approximate surface area is 96.3 Å². The van der Waals surface area contributed by atoms with Crippen LogP contribution in [-0.2, 0) is 6.18 Å². The average molecular weight is 302 g/mol. The molecule has 0 aliphatic heterocycles. The molecule has 0 bridgehead atoms. The smallest absolute Gasteiger partial charge is 0.366 e. The van der Waals surface area contributed by atoms with E-state index in [1.54, 1.807) is 0 Å². The van der Waals surface area contributed by atoms with E-state index in [0.717, 1.165) is 6.07 Å². The minimum absolute atomic E-state index is 0.0569. The zero-order valence-corrected chi connectivity index (χ0v) is 9.37. The molecule has 0 fully saturated rings. The fourth-order valence-corrected chi connectivity index (χ4v) is 1.64. The first-order valence-corrected chi connectivity index (χ1v) is 4.77. The van der Waals surface area contributed by atoms with Crippen LogP contribution < -0.4 is 5.73 Å². The van der Waals surface area contributed by atoms with Gasteiger partial charge in [-0.2, -0.15) is 13.2 Å². The molecule has 15 heavy (non-hydrogen) atoms. The van der Waals surface area contributed by atoms with E-state index in [9.17, 15) is 18.0 Å². The Hall–Kier alpha value is -0.750. The Morgan fingerprint density at radius 1 is 1.40 bits per heavy atom. The van der Waals surface area contributed by atoms with Crippen LogP contribution in [0.4, 0.5) is 13.2 Å². The van der Waals surface area contributed by atoms with Gasteiger partial charge in [-0.05, 0) is 28.1 Å². The molecule has 1 aromatic rings. The molecule has 0 aliphatic carbocycles. The van der Waals surface area contributed by atoms with Crippen LogP contribution in [-0.4, -0.2) is 5.91 Å². The topological polar surface area (TPSA) is 43.1 Å². The van der Waals surface area contributed by atoms with Crippen molar-refractivity contribution in [3.05, 3.63) is 32.8 Å². The van der Waals surface area contributed by atoms with Gasteiger partial charge in [0.25, 0.3) is 0 Å². The van der Waals surface area contributed by atoms with E-state index >= 15 is 0 Å². The number of hydrogen-bond acceptors (Lipinski definition) is 1. The summed E-state index contributed by atoms with van der Waals surface area (Å²) in [5.41, 5.74) is 2.96. The molecule has 0 atom stereocenters. The van der Waals surface area contributed by atoms with Gasteiger partial charge in [-0.1, -0.05) is 11.6 Å². The zero-order chi connectivity index (χ0) is 11.8. The van der Waals surface area contributed by atoms with Gasteiger partial charge in [0.15, 0.2) is 0 Å². The molecular formula is C8H4BrClF3NO. The first-order chi connectivity index (χ1) is 6.75. The van der Waals surface area contributed by atoms with Crippen molar-refractivity contribution in [1.29, 1.82) is 0 Å². The minimum Gasteiger partial charge on any atom is -0.366 e. The molecule has 0 unspecified atom stereocenters. The minimum atomic E-state index is -4.72. The number of halogens is 5. The van der Waals surface area contributed by atoms with Crippen LogP contribution in [0, 0.1) is 0 Å². The van der Waals surface area contributed by atoms with Crippen LogP contribution in [0.15, 0.2) is 16.6 Å². The number of primary amides is 1. The Morgan fingerprint density at radius 2 is 1.93 bits per heavy atom. The van der Waals surface area contributed by atoms with Gasteiger partial charge in [-0.15, -0.1) is 0 Å².